The van der Waals surface area contributed by atoms with Crippen molar-refractivity contribution in [2.24, 2.45) is 0 Å². The topological polar surface area (TPSA) is 77.8 Å². The van der Waals surface area contributed by atoms with Gasteiger partial charge in [0.25, 0.3) is 0 Å². The molecule has 0 spiro atoms. The molecule has 0 aliphatic heterocycles. The van der Waals surface area contributed by atoms with Gasteiger partial charge in [0, 0.05) is 12.1 Å². The molecule has 0 radical (unpaired) electrons. The smallest absolute Gasteiger partial charge is 0.336 e. The van der Waals surface area contributed by atoms with Gasteiger partial charge >= 0.3 is 5.63 Å². The van der Waals surface area contributed by atoms with E-state index < -0.39 is 11.5 Å². The lowest BCUT2D eigenvalue weighted by atomic mass is 9.90. The van der Waals surface area contributed by atoms with Crippen LogP contribution < -0.4 is 20.4 Å². The molecule has 4 rings (SSSR count). The van der Waals surface area contributed by atoms with Gasteiger partial charge < -0.3 is 19.2 Å². The van der Waals surface area contributed by atoms with E-state index in [-0.39, 0.29) is 11.5 Å². The van der Waals surface area contributed by atoms with Crippen LogP contribution in [-0.2, 0) is 11.2 Å². The lowest BCUT2D eigenvalue weighted by Crippen LogP contribution is -2.23. The average molecular weight is 458 g/mol. The minimum Gasteiger partial charge on any atom is -0.496 e. The quantitative estimate of drug-likeness (QED) is 0.352. The predicted octanol–water partition coefficient (Wildman–Crippen LogP) is 5.53. The number of hydrogen-bond acceptors (Lipinski definition) is 5. The van der Waals surface area contributed by atoms with Crippen molar-refractivity contribution in [2.75, 3.05) is 19.5 Å². The summed E-state index contributed by atoms with van der Waals surface area (Å²) in [6.45, 7) is 2.03. The number of carbonyl (C=O) groups is 1. The zero-order valence-corrected chi connectivity index (χ0v) is 19.5. The number of fused-ring (bicyclic) bond motifs is 1. The van der Waals surface area contributed by atoms with Gasteiger partial charge in [-0.2, -0.15) is 0 Å². The summed E-state index contributed by atoms with van der Waals surface area (Å²) in [5, 5.41) is 3.65. The average Bonchev–Trinajstić information content (AvgIpc) is 2.86. The molecule has 0 aliphatic carbocycles. The molecular formula is C28H27NO5. The van der Waals surface area contributed by atoms with Crippen LogP contribution in [0, 0.1) is 0 Å². The highest BCUT2D eigenvalue weighted by molar-refractivity contribution is 6.07. The van der Waals surface area contributed by atoms with Crippen LogP contribution in [0.25, 0.3) is 11.0 Å². The lowest BCUT2D eigenvalue weighted by Gasteiger charge is -2.20. The molecule has 3 aromatic carbocycles. The Bertz CT molecular complexity index is 1310. The van der Waals surface area contributed by atoms with Gasteiger partial charge in [-0.25, -0.2) is 4.79 Å². The molecule has 1 aromatic heterocycles. The fraction of sp³-hybridized carbons (Fsp3) is 0.214. The van der Waals surface area contributed by atoms with Gasteiger partial charge in [-0.05, 0) is 23.1 Å². The van der Waals surface area contributed by atoms with Crippen molar-refractivity contribution in [3.8, 4) is 11.5 Å². The van der Waals surface area contributed by atoms with Crippen LogP contribution in [0.5, 0.6) is 11.5 Å². The van der Waals surface area contributed by atoms with Gasteiger partial charge in [0.15, 0.2) is 5.58 Å². The highest BCUT2D eigenvalue weighted by atomic mass is 16.5. The molecule has 1 amide bonds. The van der Waals surface area contributed by atoms with E-state index >= 15 is 0 Å². The summed E-state index contributed by atoms with van der Waals surface area (Å²) in [6.07, 6.45) is 1.49. The van der Waals surface area contributed by atoms with Crippen LogP contribution >= 0.6 is 0 Å². The van der Waals surface area contributed by atoms with Gasteiger partial charge in [0.05, 0.1) is 25.5 Å². The van der Waals surface area contributed by atoms with Gasteiger partial charge in [0.2, 0.25) is 5.91 Å². The van der Waals surface area contributed by atoms with Crippen LogP contribution in [0.3, 0.4) is 0 Å². The number of aryl methyl sites for hydroxylation is 1. The van der Waals surface area contributed by atoms with Crippen LogP contribution in [0.1, 0.15) is 36.0 Å². The Morgan fingerprint density at radius 1 is 0.912 bits per heavy atom. The first-order valence-corrected chi connectivity index (χ1v) is 11.2. The number of ether oxygens (including phenoxy) is 2. The summed E-state index contributed by atoms with van der Waals surface area (Å²) in [7, 11) is 3.05. The lowest BCUT2D eigenvalue weighted by molar-refractivity contribution is -0.116. The summed E-state index contributed by atoms with van der Waals surface area (Å²) in [5.74, 6) is 0.00889. The van der Waals surface area contributed by atoms with Crippen molar-refractivity contribution in [1.82, 2.24) is 0 Å². The Hall–Kier alpha value is -4.06. The molecule has 0 saturated heterocycles. The zero-order valence-electron chi connectivity index (χ0n) is 19.5. The van der Waals surface area contributed by atoms with Crippen LogP contribution in [0.15, 0.2) is 82.0 Å². The molecule has 1 N–H and O–H groups in total. The second kappa shape index (κ2) is 10.3. The number of rotatable bonds is 8. The van der Waals surface area contributed by atoms with E-state index in [4.69, 9.17) is 13.9 Å². The van der Waals surface area contributed by atoms with Crippen molar-refractivity contribution in [2.45, 2.75) is 25.7 Å². The number of hydrogen-bond donors (Lipinski definition) is 1. The first kappa shape index (κ1) is 23.1. The van der Waals surface area contributed by atoms with E-state index in [1.54, 1.807) is 13.2 Å². The van der Waals surface area contributed by atoms with E-state index in [0.29, 0.717) is 29.0 Å². The van der Waals surface area contributed by atoms with E-state index in [2.05, 4.69) is 5.32 Å². The van der Waals surface area contributed by atoms with Crippen molar-refractivity contribution in [3.63, 3.8) is 0 Å². The molecule has 0 saturated carbocycles. The molecule has 6 nitrogen and oxygen atoms in total. The number of carbonyl (C=O) groups excluding carboxylic acids is 1. The third-order valence-corrected chi connectivity index (χ3v) is 5.76. The van der Waals surface area contributed by atoms with Crippen molar-refractivity contribution in [3.05, 3.63) is 99.9 Å². The standard InChI is InChI=1S/C28H27NO5/c1-4-11-20-16-23(30)34-27-25(20)21(32-2)17-22(33-3)26(27)29-28(31)24(18-12-7-5-8-13-18)19-14-9-6-10-15-19/h5-10,12-17,24H,4,11H2,1-3H3,(H,29,31). The molecule has 34 heavy (non-hydrogen) atoms. The van der Waals surface area contributed by atoms with Gasteiger partial charge in [-0.1, -0.05) is 74.0 Å². The first-order chi connectivity index (χ1) is 16.6. The summed E-state index contributed by atoms with van der Waals surface area (Å²) >= 11 is 0. The molecule has 0 bridgehead atoms. The van der Waals surface area contributed by atoms with Crippen LogP contribution in [-0.4, -0.2) is 20.1 Å². The molecule has 0 aliphatic rings. The third kappa shape index (κ3) is 4.53. The Morgan fingerprint density at radius 2 is 1.50 bits per heavy atom. The van der Waals surface area contributed by atoms with Crippen molar-refractivity contribution < 1.29 is 18.7 Å². The molecular weight excluding hydrogens is 430 g/mol. The van der Waals surface area contributed by atoms with Gasteiger partial charge in [0.1, 0.15) is 17.2 Å². The molecule has 6 heteroatoms. The third-order valence-electron chi connectivity index (χ3n) is 5.76. The van der Waals surface area contributed by atoms with E-state index in [1.165, 1.54) is 13.2 Å². The fourth-order valence-corrected chi connectivity index (χ4v) is 4.25. The Kier molecular flexibility index (Phi) is 6.97. The normalized spacial score (nSPS) is 10.9. The number of methoxy groups -OCH3 is 2. The molecule has 4 aromatic rings. The van der Waals surface area contributed by atoms with Gasteiger partial charge in [-0.15, -0.1) is 0 Å². The van der Waals surface area contributed by atoms with Crippen LogP contribution in [0.2, 0.25) is 0 Å². The largest absolute Gasteiger partial charge is 0.496 e. The number of anilines is 1. The van der Waals surface area contributed by atoms with Crippen molar-refractivity contribution in [1.29, 1.82) is 0 Å². The SMILES string of the molecule is CCCc1cc(=O)oc2c(NC(=O)C(c3ccccc3)c3ccccc3)c(OC)cc(OC)c12. The minimum absolute atomic E-state index is 0.236. The van der Waals surface area contributed by atoms with Crippen LogP contribution in [0.4, 0.5) is 5.69 Å². The zero-order chi connectivity index (χ0) is 24.1. The molecule has 0 atom stereocenters. The number of amides is 1. The monoisotopic (exact) mass is 457 g/mol. The first-order valence-electron chi connectivity index (χ1n) is 11.2. The highest BCUT2D eigenvalue weighted by Crippen LogP contribution is 2.41. The van der Waals surface area contributed by atoms with Gasteiger partial charge in [-0.3, -0.25) is 4.79 Å². The molecule has 0 fully saturated rings. The second-order valence-electron chi connectivity index (χ2n) is 7.94. The maximum absolute atomic E-state index is 13.8. The maximum Gasteiger partial charge on any atom is 0.336 e. The molecule has 1 heterocycles. The summed E-state index contributed by atoms with van der Waals surface area (Å²) < 4.78 is 16.8. The Labute approximate surface area is 198 Å². The Balaban J connectivity index is 1.89. The predicted molar refractivity (Wildman–Crippen MR) is 133 cm³/mol. The highest BCUT2D eigenvalue weighted by Gasteiger charge is 2.27. The van der Waals surface area contributed by atoms with E-state index in [0.717, 1.165) is 23.1 Å². The summed E-state index contributed by atoms with van der Waals surface area (Å²) in [4.78, 5) is 26.2. The van der Waals surface area contributed by atoms with E-state index in [1.807, 2.05) is 67.6 Å². The Morgan fingerprint density at radius 3 is 2.03 bits per heavy atom. The van der Waals surface area contributed by atoms with Crippen molar-refractivity contribution >= 4 is 22.6 Å². The maximum atomic E-state index is 13.8. The molecule has 0 unspecified atom stereocenters. The fourth-order valence-electron chi connectivity index (χ4n) is 4.25. The van der Waals surface area contributed by atoms with E-state index in [9.17, 15) is 9.59 Å². The minimum atomic E-state index is -0.574. The molecule has 174 valence electrons. The summed E-state index contributed by atoms with van der Waals surface area (Å²) in [6, 6.07) is 22.3. The second-order valence-corrected chi connectivity index (χ2v) is 7.94. The summed E-state index contributed by atoms with van der Waals surface area (Å²) in [5.41, 5.74) is 2.53. The number of nitrogens with one attached hydrogen (secondary N) is 1. The number of benzene rings is 3.